The van der Waals surface area contributed by atoms with Gasteiger partial charge < -0.3 is 20.6 Å². The number of anilines is 2. The van der Waals surface area contributed by atoms with Crippen LogP contribution in [-0.4, -0.2) is 26.7 Å². The zero-order valence-corrected chi connectivity index (χ0v) is 10.5. The number of rotatable bonds is 4. The lowest BCUT2D eigenvalue weighted by molar-refractivity contribution is 0.377. The quantitative estimate of drug-likeness (QED) is 0.612. The van der Waals surface area contributed by atoms with Crippen molar-refractivity contribution in [1.82, 2.24) is 20.1 Å². The highest BCUT2D eigenvalue weighted by Gasteiger charge is 2.05. The van der Waals surface area contributed by atoms with Crippen LogP contribution in [0.2, 0.25) is 0 Å². The highest BCUT2D eigenvalue weighted by molar-refractivity contribution is 5.80. The fraction of sp³-hybridized carbons (Fsp3) is 0.250. The summed E-state index contributed by atoms with van der Waals surface area (Å²) in [4.78, 5) is 11.7. The van der Waals surface area contributed by atoms with Gasteiger partial charge in [0.2, 0.25) is 11.8 Å². The SMILES string of the molecule is Cc1noc(CCNc2nc3ccc(N)cc3[nH]2)n1. The Balaban J connectivity index is 1.65. The second-order valence-electron chi connectivity index (χ2n) is 4.27. The zero-order valence-electron chi connectivity index (χ0n) is 10.5. The van der Waals surface area contributed by atoms with E-state index in [4.69, 9.17) is 10.3 Å². The monoisotopic (exact) mass is 258 g/mol. The van der Waals surface area contributed by atoms with Crippen molar-refractivity contribution in [2.45, 2.75) is 13.3 Å². The number of nitrogen functional groups attached to an aromatic ring is 1. The number of nitrogens with zero attached hydrogens (tertiary/aromatic N) is 3. The van der Waals surface area contributed by atoms with Gasteiger partial charge in [-0.25, -0.2) is 4.98 Å². The molecule has 0 amide bonds. The normalized spacial score (nSPS) is 11.0. The van der Waals surface area contributed by atoms with Gasteiger partial charge in [-0.2, -0.15) is 4.98 Å². The molecule has 3 rings (SSSR count). The molecule has 0 bridgehead atoms. The first-order valence-corrected chi connectivity index (χ1v) is 5.99. The summed E-state index contributed by atoms with van der Waals surface area (Å²) in [5.41, 5.74) is 8.22. The lowest BCUT2D eigenvalue weighted by Gasteiger charge is -1.98. The number of aromatic amines is 1. The molecule has 98 valence electrons. The second kappa shape index (κ2) is 4.60. The molecule has 0 saturated carbocycles. The van der Waals surface area contributed by atoms with Crippen LogP contribution < -0.4 is 11.1 Å². The van der Waals surface area contributed by atoms with Gasteiger partial charge in [0.05, 0.1) is 11.0 Å². The standard InChI is InChI=1S/C12H14N6O/c1-7-15-11(19-18-7)4-5-14-12-16-9-3-2-8(13)6-10(9)17-12/h2-3,6H,4-5,13H2,1H3,(H2,14,16,17). The maximum absolute atomic E-state index is 5.72. The van der Waals surface area contributed by atoms with Gasteiger partial charge >= 0.3 is 0 Å². The van der Waals surface area contributed by atoms with E-state index in [1.54, 1.807) is 6.92 Å². The van der Waals surface area contributed by atoms with E-state index in [0.29, 0.717) is 36.3 Å². The predicted molar refractivity (Wildman–Crippen MR) is 71.7 cm³/mol. The Bertz CT molecular complexity index is 701. The first-order valence-electron chi connectivity index (χ1n) is 5.99. The first-order chi connectivity index (χ1) is 9.20. The molecule has 1 aromatic carbocycles. The molecule has 0 aliphatic heterocycles. The number of nitrogens with two attached hydrogens (primary N) is 1. The molecule has 0 aliphatic carbocycles. The lowest BCUT2D eigenvalue weighted by Crippen LogP contribution is -2.06. The predicted octanol–water partition coefficient (Wildman–Crippen LogP) is 1.49. The van der Waals surface area contributed by atoms with Gasteiger partial charge in [-0.3, -0.25) is 0 Å². The molecule has 0 saturated heterocycles. The summed E-state index contributed by atoms with van der Waals surface area (Å²) < 4.78 is 5.03. The molecule has 4 N–H and O–H groups in total. The van der Waals surface area contributed by atoms with Crippen molar-refractivity contribution in [3.63, 3.8) is 0 Å². The average molecular weight is 258 g/mol. The molecule has 0 aliphatic rings. The highest BCUT2D eigenvalue weighted by atomic mass is 16.5. The van der Waals surface area contributed by atoms with Crippen LogP contribution in [0.25, 0.3) is 11.0 Å². The smallest absolute Gasteiger partial charge is 0.228 e. The Morgan fingerprint density at radius 2 is 2.26 bits per heavy atom. The van der Waals surface area contributed by atoms with Crippen molar-refractivity contribution in [3.05, 3.63) is 29.9 Å². The third-order valence-corrected chi connectivity index (χ3v) is 2.71. The van der Waals surface area contributed by atoms with Crippen LogP contribution in [0.1, 0.15) is 11.7 Å². The van der Waals surface area contributed by atoms with E-state index in [0.717, 1.165) is 11.0 Å². The zero-order chi connectivity index (χ0) is 13.2. The van der Waals surface area contributed by atoms with Gasteiger partial charge in [-0.1, -0.05) is 5.16 Å². The van der Waals surface area contributed by atoms with Crippen molar-refractivity contribution in [3.8, 4) is 0 Å². The summed E-state index contributed by atoms with van der Waals surface area (Å²) >= 11 is 0. The van der Waals surface area contributed by atoms with Crippen LogP contribution >= 0.6 is 0 Å². The molecular weight excluding hydrogens is 244 g/mol. The maximum Gasteiger partial charge on any atom is 0.228 e. The molecule has 0 spiro atoms. The number of hydrogen-bond acceptors (Lipinski definition) is 6. The van der Waals surface area contributed by atoms with Gasteiger partial charge in [0.1, 0.15) is 0 Å². The number of benzene rings is 1. The minimum absolute atomic E-state index is 0.616. The van der Waals surface area contributed by atoms with E-state index in [1.807, 2.05) is 18.2 Å². The fourth-order valence-corrected chi connectivity index (χ4v) is 1.84. The second-order valence-corrected chi connectivity index (χ2v) is 4.27. The van der Waals surface area contributed by atoms with E-state index in [2.05, 4.69) is 25.4 Å². The minimum Gasteiger partial charge on any atom is -0.399 e. The Morgan fingerprint density at radius 3 is 3.05 bits per heavy atom. The molecule has 0 fully saturated rings. The van der Waals surface area contributed by atoms with E-state index in [9.17, 15) is 0 Å². The molecule has 2 aromatic heterocycles. The molecule has 0 radical (unpaired) electrons. The van der Waals surface area contributed by atoms with Crippen molar-refractivity contribution in [2.24, 2.45) is 0 Å². The van der Waals surface area contributed by atoms with Gasteiger partial charge in [0, 0.05) is 18.7 Å². The molecule has 7 heteroatoms. The molecular formula is C12H14N6O. The summed E-state index contributed by atoms with van der Waals surface area (Å²) in [5, 5.41) is 6.91. The van der Waals surface area contributed by atoms with Crippen LogP contribution in [0.4, 0.5) is 11.6 Å². The van der Waals surface area contributed by atoms with Gasteiger partial charge in [-0.15, -0.1) is 0 Å². The number of imidazole rings is 1. The van der Waals surface area contributed by atoms with Crippen LogP contribution in [0.15, 0.2) is 22.7 Å². The van der Waals surface area contributed by atoms with Crippen molar-refractivity contribution in [1.29, 1.82) is 0 Å². The third kappa shape index (κ3) is 2.49. The summed E-state index contributed by atoms with van der Waals surface area (Å²) in [5.74, 6) is 1.97. The van der Waals surface area contributed by atoms with Crippen molar-refractivity contribution in [2.75, 3.05) is 17.6 Å². The molecule has 0 atom stereocenters. The molecule has 0 unspecified atom stereocenters. The molecule has 7 nitrogen and oxygen atoms in total. The Labute approximate surface area is 109 Å². The van der Waals surface area contributed by atoms with Crippen molar-refractivity contribution >= 4 is 22.7 Å². The molecule has 2 heterocycles. The van der Waals surface area contributed by atoms with Crippen molar-refractivity contribution < 1.29 is 4.52 Å². The first kappa shape index (κ1) is 11.5. The Morgan fingerprint density at radius 1 is 1.37 bits per heavy atom. The summed E-state index contributed by atoms with van der Waals surface area (Å²) in [6, 6.07) is 5.57. The van der Waals surface area contributed by atoms with Gasteiger partial charge in [-0.05, 0) is 25.1 Å². The topological polar surface area (TPSA) is 106 Å². The van der Waals surface area contributed by atoms with E-state index >= 15 is 0 Å². The van der Waals surface area contributed by atoms with Crippen LogP contribution in [0, 0.1) is 6.92 Å². The molecule has 3 aromatic rings. The minimum atomic E-state index is 0.616. The Hall–Kier alpha value is -2.57. The number of nitrogens with one attached hydrogen (secondary N) is 2. The van der Waals surface area contributed by atoms with Crippen LogP contribution in [-0.2, 0) is 6.42 Å². The number of H-pyrrole nitrogens is 1. The van der Waals surface area contributed by atoms with Gasteiger partial charge in [0.15, 0.2) is 5.82 Å². The van der Waals surface area contributed by atoms with E-state index in [1.165, 1.54) is 0 Å². The number of aryl methyl sites for hydroxylation is 1. The lowest BCUT2D eigenvalue weighted by atomic mass is 10.3. The number of hydrogen-bond donors (Lipinski definition) is 3. The number of fused-ring (bicyclic) bond motifs is 1. The van der Waals surface area contributed by atoms with Crippen LogP contribution in [0.5, 0.6) is 0 Å². The van der Waals surface area contributed by atoms with E-state index < -0.39 is 0 Å². The summed E-state index contributed by atoms with van der Waals surface area (Å²) in [6.45, 7) is 2.46. The maximum atomic E-state index is 5.72. The highest BCUT2D eigenvalue weighted by Crippen LogP contribution is 2.16. The average Bonchev–Trinajstić information content (AvgIpc) is 2.95. The van der Waals surface area contributed by atoms with Gasteiger partial charge in [0.25, 0.3) is 0 Å². The Kier molecular flexibility index (Phi) is 2.79. The molecule has 19 heavy (non-hydrogen) atoms. The third-order valence-electron chi connectivity index (χ3n) is 2.71. The summed E-state index contributed by atoms with van der Waals surface area (Å²) in [6.07, 6.45) is 0.653. The number of aromatic nitrogens is 4. The fourth-order valence-electron chi connectivity index (χ4n) is 1.84. The van der Waals surface area contributed by atoms with E-state index in [-0.39, 0.29) is 0 Å². The largest absolute Gasteiger partial charge is 0.399 e. The van der Waals surface area contributed by atoms with Crippen LogP contribution in [0.3, 0.4) is 0 Å². The summed E-state index contributed by atoms with van der Waals surface area (Å²) in [7, 11) is 0.